The number of nitrogens with one attached hydrogen (secondary N) is 2. The minimum Gasteiger partial charge on any atom is -0.338 e. The summed E-state index contributed by atoms with van der Waals surface area (Å²) in [6.07, 6.45) is 6.07. The predicted octanol–water partition coefficient (Wildman–Crippen LogP) is 3.09. The molecule has 1 unspecified atom stereocenters. The Bertz CT molecular complexity index is 842. The summed E-state index contributed by atoms with van der Waals surface area (Å²) in [6, 6.07) is 13.9. The van der Waals surface area contributed by atoms with Crippen LogP contribution in [0.3, 0.4) is 0 Å². The van der Waals surface area contributed by atoms with Crippen LogP contribution in [0.15, 0.2) is 61.1 Å². The van der Waals surface area contributed by atoms with E-state index in [-0.39, 0.29) is 12.1 Å². The Morgan fingerprint density at radius 3 is 2.38 bits per heavy atom. The number of rotatable bonds is 6. The quantitative estimate of drug-likeness (QED) is 0.718. The Kier molecular flexibility index (Phi) is 5.63. The van der Waals surface area contributed by atoms with E-state index >= 15 is 0 Å². The van der Waals surface area contributed by atoms with Crippen molar-refractivity contribution in [2.24, 2.45) is 7.05 Å². The maximum Gasteiger partial charge on any atom is 0.315 e. The number of urea groups is 1. The number of aryl methyl sites for hydroxylation is 1. The molecular formula is C20H23N5O. The van der Waals surface area contributed by atoms with Crippen LogP contribution in [0.2, 0.25) is 0 Å². The zero-order valence-electron chi connectivity index (χ0n) is 15.0. The van der Waals surface area contributed by atoms with Crippen LogP contribution in [0.4, 0.5) is 4.79 Å². The highest BCUT2D eigenvalue weighted by Crippen LogP contribution is 2.21. The van der Waals surface area contributed by atoms with Gasteiger partial charge >= 0.3 is 6.03 Å². The molecule has 1 aromatic carbocycles. The van der Waals surface area contributed by atoms with Crippen molar-refractivity contribution < 1.29 is 4.79 Å². The molecule has 2 N–H and O–H groups in total. The summed E-state index contributed by atoms with van der Waals surface area (Å²) >= 11 is 0. The van der Waals surface area contributed by atoms with Gasteiger partial charge in [-0.2, -0.15) is 5.10 Å². The van der Waals surface area contributed by atoms with Crippen molar-refractivity contribution in [3.63, 3.8) is 0 Å². The third-order valence-electron chi connectivity index (χ3n) is 4.36. The van der Waals surface area contributed by atoms with Gasteiger partial charge in [0, 0.05) is 44.3 Å². The topological polar surface area (TPSA) is 71.8 Å². The fourth-order valence-electron chi connectivity index (χ4n) is 2.79. The number of aromatic nitrogens is 3. The summed E-state index contributed by atoms with van der Waals surface area (Å²) in [4.78, 5) is 16.1. The van der Waals surface area contributed by atoms with E-state index in [0.717, 1.165) is 28.8 Å². The molecule has 0 fully saturated rings. The van der Waals surface area contributed by atoms with E-state index in [9.17, 15) is 4.79 Å². The van der Waals surface area contributed by atoms with Gasteiger partial charge < -0.3 is 10.6 Å². The number of carbonyl (C=O) groups excluding carboxylic acids is 1. The highest BCUT2D eigenvalue weighted by atomic mass is 16.2. The van der Waals surface area contributed by atoms with E-state index in [0.29, 0.717) is 6.54 Å². The zero-order chi connectivity index (χ0) is 18.4. The minimum absolute atomic E-state index is 0.0711. The van der Waals surface area contributed by atoms with E-state index in [1.54, 1.807) is 18.6 Å². The van der Waals surface area contributed by atoms with Crippen molar-refractivity contribution in [2.45, 2.75) is 19.4 Å². The van der Waals surface area contributed by atoms with Crippen LogP contribution in [0.1, 0.15) is 24.2 Å². The van der Waals surface area contributed by atoms with E-state index < -0.39 is 0 Å². The molecule has 134 valence electrons. The first-order valence-electron chi connectivity index (χ1n) is 8.65. The molecule has 3 rings (SSSR count). The molecule has 2 amide bonds. The SMILES string of the molecule is CC(NC(=O)NCCc1ccnn1C)c1ccc(-c2ccncc2)cc1. The molecule has 1 atom stereocenters. The van der Waals surface area contributed by atoms with Gasteiger partial charge in [0.15, 0.2) is 0 Å². The fraction of sp³-hybridized carbons (Fsp3) is 0.250. The highest BCUT2D eigenvalue weighted by Gasteiger charge is 2.09. The molecule has 0 aliphatic carbocycles. The van der Waals surface area contributed by atoms with Crippen molar-refractivity contribution in [1.29, 1.82) is 0 Å². The van der Waals surface area contributed by atoms with Crippen molar-refractivity contribution in [3.05, 3.63) is 72.3 Å². The van der Waals surface area contributed by atoms with Gasteiger partial charge in [0.2, 0.25) is 0 Å². The van der Waals surface area contributed by atoms with Gasteiger partial charge in [-0.3, -0.25) is 9.67 Å². The summed E-state index contributed by atoms with van der Waals surface area (Å²) in [7, 11) is 1.90. The van der Waals surface area contributed by atoms with Crippen LogP contribution in [0, 0.1) is 0 Å². The molecule has 2 aromatic heterocycles. The van der Waals surface area contributed by atoms with Crippen molar-refractivity contribution >= 4 is 6.03 Å². The first-order valence-corrected chi connectivity index (χ1v) is 8.65. The molecule has 0 aliphatic rings. The molecule has 0 spiro atoms. The lowest BCUT2D eigenvalue weighted by atomic mass is 10.0. The zero-order valence-corrected chi connectivity index (χ0v) is 15.0. The molecule has 6 nitrogen and oxygen atoms in total. The Hall–Kier alpha value is -3.15. The van der Waals surface area contributed by atoms with Gasteiger partial charge in [-0.1, -0.05) is 24.3 Å². The van der Waals surface area contributed by atoms with Crippen LogP contribution >= 0.6 is 0 Å². The number of hydrogen-bond donors (Lipinski definition) is 2. The molecule has 0 saturated carbocycles. The average molecular weight is 349 g/mol. The molecule has 26 heavy (non-hydrogen) atoms. The van der Waals surface area contributed by atoms with E-state index in [2.05, 4.69) is 32.8 Å². The van der Waals surface area contributed by atoms with Gasteiger partial charge in [0.05, 0.1) is 6.04 Å². The standard InChI is InChI=1S/C20H23N5O/c1-15(24-20(26)22-13-9-19-10-14-23-25(19)2)16-3-5-17(6-4-16)18-7-11-21-12-8-18/h3-8,10-12,14-15H,9,13H2,1-2H3,(H2,22,24,26). The third-order valence-corrected chi connectivity index (χ3v) is 4.36. The molecule has 0 radical (unpaired) electrons. The molecule has 6 heteroatoms. The van der Waals surface area contributed by atoms with Gasteiger partial charge in [0.25, 0.3) is 0 Å². The number of carbonyl (C=O) groups is 1. The highest BCUT2D eigenvalue weighted by molar-refractivity contribution is 5.74. The number of amides is 2. The van der Waals surface area contributed by atoms with Crippen LogP contribution in [0.25, 0.3) is 11.1 Å². The van der Waals surface area contributed by atoms with Crippen molar-refractivity contribution in [3.8, 4) is 11.1 Å². The lowest BCUT2D eigenvalue weighted by Crippen LogP contribution is -2.38. The summed E-state index contributed by atoms with van der Waals surface area (Å²) < 4.78 is 1.81. The minimum atomic E-state index is -0.169. The lowest BCUT2D eigenvalue weighted by molar-refractivity contribution is 0.238. The lowest BCUT2D eigenvalue weighted by Gasteiger charge is -2.15. The van der Waals surface area contributed by atoms with Gasteiger partial charge in [-0.15, -0.1) is 0 Å². The second kappa shape index (κ2) is 8.29. The summed E-state index contributed by atoms with van der Waals surface area (Å²) in [5.41, 5.74) is 4.40. The van der Waals surface area contributed by atoms with Crippen LogP contribution < -0.4 is 10.6 Å². The van der Waals surface area contributed by atoms with Crippen LogP contribution in [-0.2, 0) is 13.5 Å². The van der Waals surface area contributed by atoms with Crippen molar-refractivity contribution in [1.82, 2.24) is 25.4 Å². The molecule has 3 aromatic rings. The van der Waals surface area contributed by atoms with Gasteiger partial charge in [-0.25, -0.2) is 4.79 Å². The summed E-state index contributed by atoms with van der Waals surface area (Å²) in [5.74, 6) is 0. The second-order valence-corrected chi connectivity index (χ2v) is 6.18. The van der Waals surface area contributed by atoms with Gasteiger partial charge in [-0.05, 0) is 41.8 Å². The average Bonchev–Trinajstić information content (AvgIpc) is 3.07. The number of pyridine rings is 1. The van der Waals surface area contributed by atoms with E-state index in [4.69, 9.17) is 0 Å². The van der Waals surface area contributed by atoms with Crippen LogP contribution in [0.5, 0.6) is 0 Å². The Balaban J connectivity index is 1.50. The Morgan fingerprint density at radius 1 is 1.04 bits per heavy atom. The maximum absolute atomic E-state index is 12.1. The van der Waals surface area contributed by atoms with Crippen LogP contribution in [-0.4, -0.2) is 27.3 Å². The molecule has 0 bridgehead atoms. The fourth-order valence-corrected chi connectivity index (χ4v) is 2.79. The monoisotopic (exact) mass is 349 g/mol. The van der Waals surface area contributed by atoms with E-state index in [1.807, 2.05) is 49.0 Å². The maximum atomic E-state index is 12.1. The predicted molar refractivity (Wildman–Crippen MR) is 102 cm³/mol. The molecular weight excluding hydrogens is 326 g/mol. The first-order chi connectivity index (χ1) is 12.6. The summed E-state index contributed by atoms with van der Waals surface area (Å²) in [6.45, 7) is 2.54. The summed E-state index contributed by atoms with van der Waals surface area (Å²) in [5, 5.41) is 9.97. The molecule has 2 heterocycles. The van der Waals surface area contributed by atoms with Crippen molar-refractivity contribution in [2.75, 3.05) is 6.54 Å². The smallest absolute Gasteiger partial charge is 0.315 e. The second-order valence-electron chi connectivity index (χ2n) is 6.18. The Labute approximate surface area is 153 Å². The molecule has 0 aliphatic heterocycles. The van der Waals surface area contributed by atoms with E-state index in [1.165, 1.54) is 0 Å². The largest absolute Gasteiger partial charge is 0.338 e. The Morgan fingerprint density at radius 2 is 1.73 bits per heavy atom. The third kappa shape index (κ3) is 4.47. The normalized spacial score (nSPS) is 11.8. The molecule has 0 saturated heterocycles. The number of nitrogens with zero attached hydrogens (tertiary/aromatic N) is 3. The number of benzene rings is 1. The van der Waals surface area contributed by atoms with Gasteiger partial charge in [0.1, 0.15) is 0 Å². The first kappa shape index (κ1) is 17.7. The number of hydrogen-bond acceptors (Lipinski definition) is 3.